The van der Waals surface area contributed by atoms with Crippen molar-refractivity contribution in [2.24, 2.45) is 5.92 Å². The quantitative estimate of drug-likeness (QED) is 0.425. The predicted molar refractivity (Wildman–Crippen MR) is 129 cm³/mol. The van der Waals surface area contributed by atoms with Gasteiger partial charge in [0.2, 0.25) is 5.91 Å². The summed E-state index contributed by atoms with van der Waals surface area (Å²) in [7, 11) is 0. The Morgan fingerprint density at radius 3 is 2.24 bits per heavy atom. The number of benzene rings is 3. The fourth-order valence-corrected chi connectivity index (χ4v) is 4.64. The molecule has 0 unspecified atom stereocenters. The molecule has 0 saturated carbocycles. The lowest BCUT2D eigenvalue weighted by Gasteiger charge is -2.28. The van der Waals surface area contributed by atoms with E-state index >= 15 is 0 Å². The van der Waals surface area contributed by atoms with Crippen LogP contribution in [0.5, 0.6) is 5.75 Å². The maximum absolute atomic E-state index is 13.6. The van der Waals surface area contributed by atoms with Crippen LogP contribution in [0, 0.1) is 5.92 Å². The number of para-hydroxylation sites is 1. The normalized spacial score (nSPS) is 22.1. The van der Waals surface area contributed by atoms with E-state index in [0.717, 1.165) is 22.1 Å². The number of hydrogen-bond donors (Lipinski definition) is 0. The first-order valence-corrected chi connectivity index (χ1v) is 11.7. The largest absolute Gasteiger partial charge is 0.494 e. The van der Waals surface area contributed by atoms with E-state index in [9.17, 15) is 9.59 Å². The van der Waals surface area contributed by atoms with Gasteiger partial charge in [-0.1, -0.05) is 53.2 Å². The van der Waals surface area contributed by atoms with Crippen molar-refractivity contribution in [3.05, 3.63) is 88.9 Å². The smallest absolute Gasteiger partial charge is 0.266 e. The summed E-state index contributed by atoms with van der Waals surface area (Å²) in [6.07, 6.45) is 0.0170. The van der Waals surface area contributed by atoms with Crippen LogP contribution in [0.25, 0.3) is 0 Å². The van der Waals surface area contributed by atoms with Gasteiger partial charge in [-0.05, 0) is 60.5 Å². The third kappa shape index (κ3) is 3.92. The molecule has 2 saturated heterocycles. The topological polar surface area (TPSA) is 59.1 Å². The number of fused-ring (bicyclic) bond motifs is 1. The summed E-state index contributed by atoms with van der Waals surface area (Å²) in [5, 5.41) is 1.70. The van der Waals surface area contributed by atoms with Crippen molar-refractivity contribution in [3.63, 3.8) is 0 Å². The van der Waals surface area contributed by atoms with Gasteiger partial charge in [0.1, 0.15) is 11.7 Å². The van der Waals surface area contributed by atoms with E-state index in [0.29, 0.717) is 18.0 Å². The van der Waals surface area contributed by atoms with Gasteiger partial charge in [0.15, 0.2) is 6.10 Å². The van der Waals surface area contributed by atoms with Crippen molar-refractivity contribution in [2.75, 3.05) is 16.6 Å². The number of hydrogen-bond acceptors (Lipinski definition) is 5. The van der Waals surface area contributed by atoms with Crippen molar-refractivity contribution in [1.82, 2.24) is 0 Å². The van der Waals surface area contributed by atoms with Crippen LogP contribution < -0.4 is 14.7 Å². The van der Waals surface area contributed by atoms with Gasteiger partial charge in [-0.3, -0.25) is 14.4 Å². The fourth-order valence-electron chi connectivity index (χ4n) is 4.38. The number of anilines is 2. The predicted octanol–water partition coefficient (Wildman–Crippen LogP) is 5.29. The van der Waals surface area contributed by atoms with Crippen LogP contribution in [-0.4, -0.2) is 24.5 Å². The minimum absolute atomic E-state index is 0.265. The summed E-state index contributed by atoms with van der Waals surface area (Å²) in [6, 6.07) is 23.9. The number of amides is 2. The van der Waals surface area contributed by atoms with Gasteiger partial charge in [-0.15, -0.1) is 0 Å². The Morgan fingerprint density at radius 2 is 1.58 bits per heavy atom. The highest BCUT2D eigenvalue weighted by Crippen LogP contribution is 2.47. The molecule has 3 atom stereocenters. The number of hydroxylamine groups is 1. The molecule has 0 aromatic heterocycles. The van der Waals surface area contributed by atoms with Gasteiger partial charge in [0.05, 0.1) is 24.0 Å². The number of nitrogens with zero attached hydrogens (tertiary/aromatic N) is 2. The average Bonchev–Trinajstić information content (AvgIpc) is 3.35. The molecule has 33 heavy (non-hydrogen) atoms. The summed E-state index contributed by atoms with van der Waals surface area (Å²) in [5.41, 5.74) is 2.22. The highest BCUT2D eigenvalue weighted by molar-refractivity contribution is 9.10. The van der Waals surface area contributed by atoms with E-state index in [2.05, 4.69) is 15.9 Å². The first kappa shape index (κ1) is 21.7. The number of carbonyl (C=O) groups excluding carboxylic acids is 2. The lowest BCUT2D eigenvalue weighted by molar-refractivity contribution is -0.126. The van der Waals surface area contributed by atoms with Crippen molar-refractivity contribution in [2.45, 2.75) is 25.5 Å². The molecule has 3 aromatic rings. The molecule has 168 valence electrons. The molecule has 6 nitrogen and oxygen atoms in total. The van der Waals surface area contributed by atoms with Gasteiger partial charge in [0, 0.05) is 4.47 Å². The molecule has 2 aliphatic rings. The standard InChI is InChI=1S/C26H23BrN2O4/c1-2-16-32-21-14-12-19(13-15-21)28-25(30)22-23(17-8-10-18(27)11-9-17)29(33-24(22)26(28)31)20-6-4-3-5-7-20/h3-15,22-24H,2,16H2,1H3/t22-,23-,24-/m0/s1. The zero-order valence-corrected chi connectivity index (χ0v) is 19.6. The molecule has 0 spiro atoms. The second kappa shape index (κ2) is 9.00. The zero-order valence-electron chi connectivity index (χ0n) is 18.1. The van der Waals surface area contributed by atoms with E-state index in [1.807, 2.05) is 61.5 Å². The number of rotatable bonds is 6. The molecular formula is C26H23BrN2O4. The van der Waals surface area contributed by atoms with E-state index < -0.39 is 18.1 Å². The monoisotopic (exact) mass is 506 g/mol. The SMILES string of the molecule is CCCOc1ccc(N2C(=O)[C@@H]3[C@H](ON(c4ccccc4)[C@H]3c3ccc(Br)cc3)C2=O)cc1. The summed E-state index contributed by atoms with van der Waals surface area (Å²) in [4.78, 5) is 34.4. The first-order chi connectivity index (χ1) is 16.1. The summed E-state index contributed by atoms with van der Waals surface area (Å²) in [5.74, 6) is -0.569. The maximum atomic E-state index is 13.6. The van der Waals surface area contributed by atoms with Crippen LogP contribution in [-0.2, 0) is 14.4 Å². The molecular weight excluding hydrogens is 484 g/mol. The summed E-state index contributed by atoms with van der Waals surface area (Å²) < 4.78 is 6.56. The van der Waals surface area contributed by atoms with Crippen LogP contribution in [0.3, 0.4) is 0 Å². The van der Waals surface area contributed by atoms with Crippen LogP contribution in [0.15, 0.2) is 83.3 Å². The van der Waals surface area contributed by atoms with Gasteiger partial charge in [-0.25, -0.2) is 9.96 Å². The third-order valence-electron chi connectivity index (χ3n) is 5.91. The molecule has 3 aromatic carbocycles. The molecule has 0 bridgehead atoms. The van der Waals surface area contributed by atoms with E-state index in [4.69, 9.17) is 9.57 Å². The summed E-state index contributed by atoms with van der Waals surface area (Å²) in [6.45, 7) is 2.65. The molecule has 0 N–H and O–H groups in total. The molecule has 2 amide bonds. The van der Waals surface area contributed by atoms with Crippen molar-refractivity contribution in [3.8, 4) is 5.75 Å². The van der Waals surface area contributed by atoms with Crippen molar-refractivity contribution < 1.29 is 19.2 Å². The van der Waals surface area contributed by atoms with Crippen LogP contribution in [0.4, 0.5) is 11.4 Å². The average molecular weight is 507 g/mol. The fraction of sp³-hybridized carbons (Fsp3) is 0.231. The lowest BCUT2D eigenvalue weighted by Crippen LogP contribution is -2.37. The highest BCUT2D eigenvalue weighted by atomic mass is 79.9. The van der Waals surface area contributed by atoms with Crippen LogP contribution >= 0.6 is 15.9 Å². The number of halogens is 1. The van der Waals surface area contributed by atoms with E-state index in [1.54, 1.807) is 29.3 Å². The van der Waals surface area contributed by atoms with Crippen LogP contribution in [0.1, 0.15) is 24.9 Å². The maximum Gasteiger partial charge on any atom is 0.266 e. The molecule has 2 fully saturated rings. The lowest BCUT2D eigenvalue weighted by atomic mass is 9.90. The third-order valence-corrected chi connectivity index (χ3v) is 6.43. The molecule has 0 radical (unpaired) electrons. The minimum atomic E-state index is -0.887. The molecule has 0 aliphatic carbocycles. The number of imide groups is 1. The molecule has 2 heterocycles. The number of ether oxygens (including phenoxy) is 1. The van der Waals surface area contributed by atoms with Crippen molar-refractivity contribution >= 4 is 39.1 Å². The van der Waals surface area contributed by atoms with Gasteiger partial charge in [0.25, 0.3) is 5.91 Å². The van der Waals surface area contributed by atoms with E-state index in [-0.39, 0.29) is 11.8 Å². The Morgan fingerprint density at radius 1 is 0.879 bits per heavy atom. The van der Waals surface area contributed by atoms with Gasteiger partial charge >= 0.3 is 0 Å². The van der Waals surface area contributed by atoms with E-state index in [1.165, 1.54) is 4.90 Å². The molecule has 5 rings (SSSR count). The molecule has 7 heteroatoms. The Kier molecular flexibility index (Phi) is 5.91. The number of carbonyl (C=O) groups is 2. The summed E-state index contributed by atoms with van der Waals surface area (Å²) >= 11 is 3.47. The van der Waals surface area contributed by atoms with Crippen LogP contribution in [0.2, 0.25) is 0 Å². The Balaban J connectivity index is 1.49. The van der Waals surface area contributed by atoms with Gasteiger partial charge < -0.3 is 4.74 Å². The molecule has 2 aliphatic heterocycles. The Labute approximate surface area is 200 Å². The first-order valence-electron chi connectivity index (χ1n) is 11.0. The zero-order chi connectivity index (χ0) is 22.9. The second-order valence-corrected chi connectivity index (χ2v) is 8.98. The minimum Gasteiger partial charge on any atom is -0.494 e. The van der Waals surface area contributed by atoms with Crippen molar-refractivity contribution in [1.29, 1.82) is 0 Å². The highest BCUT2D eigenvalue weighted by Gasteiger charge is 2.60. The van der Waals surface area contributed by atoms with Gasteiger partial charge in [-0.2, -0.15) is 0 Å². The Bertz CT molecular complexity index is 1150. The second-order valence-electron chi connectivity index (χ2n) is 8.06. The Hall–Kier alpha value is -3.16.